The minimum Gasteiger partial charge on any atom is -0.387 e. The third kappa shape index (κ3) is 0.747. The van der Waals surface area contributed by atoms with Crippen LogP contribution in [0.2, 0.25) is 0 Å². The first kappa shape index (κ1) is 4.65. The molecule has 1 unspecified atom stereocenters. The van der Waals surface area contributed by atoms with Crippen molar-refractivity contribution >= 4 is 0 Å². The van der Waals surface area contributed by atoms with Crippen LogP contribution in [-0.4, -0.2) is 12.6 Å². The van der Waals surface area contributed by atoms with Crippen molar-refractivity contribution < 1.29 is 0 Å². The molecule has 1 rings (SSSR count). The van der Waals surface area contributed by atoms with Gasteiger partial charge in [-0.05, 0) is 6.42 Å². The Morgan fingerprint density at radius 2 is 2.57 bits per heavy atom. The molecule has 2 heteroatoms. The average molecular weight is 98.1 g/mol. The molecule has 0 bridgehead atoms. The average Bonchev–Trinajstić information content (AvgIpc) is 1.91. The van der Waals surface area contributed by atoms with Crippen molar-refractivity contribution in [3.05, 3.63) is 12.3 Å². The molecule has 1 fully saturated rings. The number of hydrogen-bond acceptors (Lipinski definition) is 2. The van der Waals surface area contributed by atoms with Crippen molar-refractivity contribution in [1.29, 1.82) is 0 Å². The van der Waals surface area contributed by atoms with E-state index in [1.807, 2.05) is 0 Å². The second kappa shape index (κ2) is 1.54. The Balaban J connectivity index is 2.48. The van der Waals surface area contributed by atoms with E-state index in [0.717, 1.165) is 18.7 Å². The molecule has 7 heavy (non-hydrogen) atoms. The lowest BCUT2D eigenvalue weighted by atomic mass is 10.2. The van der Waals surface area contributed by atoms with Gasteiger partial charge < -0.3 is 11.1 Å². The SMILES string of the molecule is C=C1NCCC1N. The first-order chi connectivity index (χ1) is 3.30. The van der Waals surface area contributed by atoms with Crippen molar-refractivity contribution in [2.24, 2.45) is 5.73 Å². The van der Waals surface area contributed by atoms with E-state index in [-0.39, 0.29) is 6.04 Å². The summed E-state index contributed by atoms with van der Waals surface area (Å²) in [5, 5.41) is 3.05. The van der Waals surface area contributed by atoms with E-state index in [9.17, 15) is 0 Å². The summed E-state index contributed by atoms with van der Waals surface area (Å²) in [6.45, 7) is 4.70. The van der Waals surface area contributed by atoms with E-state index in [0.29, 0.717) is 0 Å². The first-order valence-electron chi connectivity index (χ1n) is 2.49. The maximum absolute atomic E-state index is 5.52. The minimum atomic E-state index is 0.208. The fraction of sp³-hybridized carbons (Fsp3) is 0.600. The molecule has 0 saturated carbocycles. The van der Waals surface area contributed by atoms with Crippen LogP contribution in [0.1, 0.15) is 6.42 Å². The van der Waals surface area contributed by atoms with E-state index < -0.39 is 0 Å². The van der Waals surface area contributed by atoms with Gasteiger partial charge in [-0.1, -0.05) is 6.58 Å². The molecular formula is C5H10N2. The van der Waals surface area contributed by atoms with Crippen molar-refractivity contribution in [2.45, 2.75) is 12.5 Å². The molecule has 3 N–H and O–H groups in total. The summed E-state index contributed by atoms with van der Waals surface area (Å²) >= 11 is 0. The highest BCUT2D eigenvalue weighted by molar-refractivity contribution is 5.06. The van der Waals surface area contributed by atoms with Crippen molar-refractivity contribution in [3.8, 4) is 0 Å². The lowest BCUT2D eigenvalue weighted by Crippen LogP contribution is -2.18. The largest absolute Gasteiger partial charge is 0.387 e. The van der Waals surface area contributed by atoms with E-state index in [2.05, 4.69) is 11.9 Å². The minimum absolute atomic E-state index is 0.208. The molecule has 0 amide bonds. The van der Waals surface area contributed by atoms with Crippen LogP contribution < -0.4 is 11.1 Å². The predicted octanol–water partition coefficient (Wildman–Crippen LogP) is -0.179. The molecule has 0 aromatic rings. The lowest BCUT2D eigenvalue weighted by Gasteiger charge is -1.98. The summed E-state index contributed by atoms with van der Waals surface area (Å²) in [4.78, 5) is 0. The predicted molar refractivity (Wildman–Crippen MR) is 29.7 cm³/mol. The van der Waals surface area contributed by atoms with Crippen LogP contribution in [0.25, 0.3) is 0 Å². The van der Waals surface area contributed by atoms with Crippen LogP contribution in [0.5, 0.6) is 0 Å². The van der Waals surface area contributed by atoms with Crippen LogP contribution >= 0.6 is 0 Å². The van der Waals surface area contributed by atoms with E-state index in [4.69, 9.17) is 5.73 Å². The van der Waals surface area contributed by atoms with Crippen molar-refractivity contribution in [3.63, 3.8) is 0 Å². The van der Waals surface area contributed by atoms with Gasteiger partial charge in [0.2, 0.25) is 0 Å². The highest BCUT2D eigenvalue weighted by Gasteiger charge is 2.11. The number of hydrogen-bond donors (Lipinski definition) is 2. The fourth-order valence-corrected chi connectivity index (χ4v) is 0.694. The molecule has 0 aliphatic carbocycles. The molecule has 1 heterocycles. The zero-order valence-electron chi connectivity index (χ0n) is 4.28. The van der Waals surface area contributed by atoms with Crippen molar-refractivity contribution in [2.75, 3.05) is 6.54 Å². The van der Waals surface area contributed by atoms with Crippen LogP contribution in [-0.2, 0) is 0 Å². The van der Waals surface area contributed by atoms with Crippen LogP contribution in [0.3, 0.4) is 0 Å². The fourth-order valence-electron chi connectivity index (χ4n) is 0.694. The Kier molecular flexibility index (Phi) is 1.02. The van der Waals surface area contributed by atoms with Gasteiger partial charge in [0.15, 0.2) is 0 Å². The number of nitrogens with one attached hydrogen (secondary N) is 1. The smallest absolute Gasteiger partial charge is 0.0455 e. The Hall–Kier alpha value is -0.500. The molecule has 1 saturated heterocycles. The van der Waals surface area contributed by atoms with Gasteiger partial charge in [0, 0.05) is 18.3 Å². The quantitative estimate of drug-likeness (QED) is 0.441. The standard InChI is InChI=1S/C5H10N2/c1-4-5(6)2-3-7-4/h5,7H,1-3,6H2. The summed E-state index contributed by atoms with van der Waals surface area (Å²) in [7, 11) is 0. The maximum atomic E-state index is 5.52. The normalized spacial score (nSPS) is 30.4. The molecule has 2 nitrogen and oxygen atoms in total. The van der Waals surface area contributed by atoms with Gasteiger partial charge >= 0.3 is 0 Å². The first-order valence-corrected chi connectivity index (χ1v) is 2.49. The Morgan fingerprint density at radius 3 is 2.71 bits per heavy atom. The van der Waals surface area contributed by atoms with E-state index >= 15 is 0 Å². The van der Waals surface area contributed by atoms with E-state index in [1.165, 1.54) is 0 Å². The molecule has 1 aliphatic rings. The molecule has 0 aromatic carbocycles. The topological polar surface area (TPSA) is 38.0 Å². The Morgan fingerprint density at radius 1 is 1.86 bits per heavy atom. The van der Waals surface area contributed by atoms with Gasteiger partial charge in [0.05, 0.1) is 0 Å². The Labute approximate surface area is 43.4 Å². The van der Waals surface area contributed by atoms with Crippen LogP contribution in [0.4, 0.5) is 0 Å². The summed E-state index contributed by atoms with van der Waals surface area (Å²) in [6.07, 6.45) is 1.04. The maximum Gasteiger partial charge on any atom is 0.0455 e. The van der Waals surface area contributed by atoms with Gasteiger partial charge in [-0.25, -0.2) is 0 Å². The summed E-state index contributed by atoms with van der Waals surface area (Å²) in [5.41, 5.74) is 6.50. The van der Waals surface area contributed by atoms with Gasteiger partial charge in [-0.2, -0.15) is 0 Å². The molecule has 0 radical (unpaired) electrons. The third-order valence-corrected chi connectivity index (χ3v) is 1.25. The van der Waals surface area contributed by atoms with Crippen molar-refractivity contribution in [1.82, 2.24) is 5.32 Å². The summed E-state index contributed by atoms with van der Waals surface area (Å²) in [6, 6.07) is 0.208. The molecule has 40 valence electrons. The second-order valence-corrected chi connectivity index (χ2v) is 1.85. The van der Waals surface area contributed by atoms with Crippen LogP contribution in [0, 0.1) is 0 Å². The Bertz CT molecular complexity index is 88.1. The second-order valence-electron chi connectivity index (χ2n) is 1.85. The zero-order chi connectivity index (χ0) is 5.28. The zero-order valence-corrected chi connectivity index (χ0v) is 4.28. The molecule has 0 aromatic heterocycles. The summed E-state index contributed by atoms with van der Waals surface area (Å²) < 4.78 is 0. The van der Waals surface area contributed by atoms with E-state index in [1.54, 1.807) is 0 Å². The van der Waals surface area contributed by atoms with Gasteiger partial charge in [0.1, 0.15) is 0 Å². The monoisotopic (exact) mass is 98.1 g/mol. The molecule has 1 aliphatic heterocycles. The van der Waals surface area contributed by atoms with Gasteiger partial charge in [0.25, 0.3) is 0 Å². The number of rotatable bonds is 0. The van der Waals surface area contributed by atoms with Crippen LogP contribution in [0.15, 0.2) is 12.3 Å². The third-order valence-electron chi connectivity index (χ3n) is 1.25. The van der Waals surface area contributed by atoms with Gasteiger partial charge in [-0.15, -0.1) is 0 Å². The number of nitrogens with two attached hydrogens (primary N) is 1. The highest BCUT2D eigenvalue weighted by Crippen LogP contribution is 2.03. The molecule has 0 spiro atoms. The summed E-state index contributed by atoms with van der Waals surface area (Å²) in [5.74, 6) is 0. The lowest BCUT2D eigenvalue weighted by molar-refractivity contribution is 0.803. The molecule has 1 atom stereocenters. The highest BCUT2D eigenvalue weighted by atomic mass is 15.0. The van der Waals surface area contributed by atoms with Gasteiger partial charge in [-0.3, -0.25) is 0 Å². The molecular weight excluding hydrogens is 88.1 g/mol.